The quantitative estimate of drug-likeness (QED) is 0.0882. The number of nitrogens with zero attached hydrogens (tertiary/aromatic N) is 6. The summed E-state index contributed by atoms with van der Waals surface area (Å²) in [6, 6.07) is 9.76. The Kier molecular flexibility index (Phi) is 9.90. The SMILES string of the molecule is O=C(Nc1ccccc1)c1nn(-c2cc(S(=O)(=O)O)c([N+](=O)[O-])cc2Cl)[n+](-c2cc(S(=O)(=O)[O-])c([N+](=O)[O-])cc2Cl)n1.[Na]. The molecule has 0 saturated carbocycles. The molecular formula is C20H11Cl2N7NaO11S2. The van der Waals surface area contributed by atoms with Gasteiger partial charge in [0, 0.05) is 63.3 Å². The summed E-state index contributed by atoms with van der Waals surface area (Å²) in [5.74, 6) is -1.72. The first kappa shape index (κ1) is 33.9. The van der Waals surface area contributed by atoms with Crippen molar-refractivity contribution >= 4 is 96.0 Å². The number of halogens is 2. The van der Waals surface area contributed by atoms with Crippen LogP contribution in [0.25, 0.3) is 11.4 Å². The molecule has 0 saturated heterocycles. The number of hydrogen-bond donors (Lipinski definition) is 2. The number of hydrogen-bond acceptors (Lipinski definition) is 12. The van der Waals surface area contributed by atoms with E-state index in [1.807, 2.05) is 0 Å². The van der Waals surface area contributed by atoms with Crippen molar-refractivity contribution in [3.05, 3.63) is 90.7 Å². The fraction of sp³-hybridized carbons (Fsp3) is 0. The molecular weight excluding hydrogens is 672 g/mol. The Labute approximate surface area is 271 Å². The van der Waals surface area contributed by atoms with Crippen LogP contribution in [0.5, 0.6) is 0 Å². The van der Waals surface area contributed by atoms with Crippen LogP contribution in [0.3, 0.4) is 0 Å². The van der Waals surface area contributed by atoms with Crippen molar-refractivity contribution in [3.63, 3.8) is 0 Å². The standard InChI is InChI=1S/C20H11Cl2N7O11S2.Na/c21-11-6-15(28(31)32)17(41(35,36)37)8-13(11)26-24-19(20(30)23-10-4-2-1-3-5-10)25-27(26)14-9-18(42(38,39)40)16(29(33)34)7-12(14)22;/h1-9H,(H2-,23,30,35,36,37,38,39,40);. The third kappa shape index (κ3) is 7.14. The van der Waals surface area contributed by atoms with Gasteiger partial charge in [0.25, 0.3) is 11.4 Å². The zero-order valence-electron chi connectivity index (χ0n) is 21.0. The number of para-hydroxylation sites is 1. The Bertz CT molecular complexity index is 1910. The number of nitro benzene ring substituents is 2. The van der Waals surface area contributed by atoms with Gasteiger partial charge >= 0.3 is 21.8 Å². The van der Waals surface area contributed by atoms with Crippen molar-refractivity contribution in [2.24, 2.45) is 0 Å². The minimum absolute atomic E-state index is 0. The Morgan fingerprint density at radius 2 is 1.49 bits per heavy atom. The molecule has 1 heterocycles. The van der Waals surface area contributed by atoms with Gasteiger partial charge < -0.3 is 9.87 Å². The number of anilines is 1. The molecule has 0 bridgehead atoms. The van der Waals surface area contributed by atoms with Crippen LogP contribution in [0.2, 0.25) is 10.0 Å². The molecule has 0 spiro atoms. The first-order valence-corrected chi connectivity index (χ1v) is 14.3. The molecule has 0 aliphatic rings. The zero-order valence-corrected chi connectivity index (χ0v) is 26.1. The van der Waals surface area contributed by atoms with Crippen LogP contribution in [-0.4, -0.2) is 86.2 Å². The summed E-state index contributed by atoms with van der Waals surface area (Å²) in [4.78, 5) is 31.8. The molecule has 0 aliphatic heterocycles. The molecule has 2 N–H and O–H groups in total. The third-order valence-electron chi connectivity index (χ3n) is 5.22. The Morgan fingerprint density at radius 1 is 0.930 bits per heavy atom. The van der Waals surface area contributed by atoms with Crippen LogP contribution in [0.1, 0.15) is 10.6 Å². The molecule has 23 heteroatoms. The van der Waals surface area contributed by atoms with Crippen molar-refractivity contribution in [3.8, 4) is 11.4 Å². The van der Waals surface area contributed by atoms with Gasteiger partial charge in [-0.05, 0) is 23.0 Å². The van der Waals surface area contributed by atoms with Crippen LogP contribution in [-0.2, 0) is 20.2 Å². The van der Waals surface area contributed by atoms with E-state index < -0.39 is 84.4 Å². The number of carbonyl (C=O) groups is 1. The maximum atomic E-state index is 13.0. The summed E-state index contributed by atoms with van der Waals surface area (Å²) in [6.45, 7) is 0. The maximum Gasteiger partial charge on any atom is 0.397 e. The van der Waals surface area contributed by atoms with Gasteiger partial charge in [0.1, 0.15) is 15.0 Å². The molecule has 0 aliphatic carbocycles. The molecule has 0 fully saturated rings. The third-order valence-corrected chi connectivity index (χ3v) is 7.58. The van der Waals surface area contributed by atoms with Crippen LogP contribution >= 0.6 is 23.2 Å². The number of carbonyl (C=O) groups excluding carboxylic acids is 1. The topological polar surface area (TPSA) is 262 Å². The van der Waals surface area contributed by atoms with Crippen LogP contribution in [0.15, 0.2) is 64.4 Å². The second kappa shape index (κ2) is 12.6. The number of nitro groups is 2. The first-order chi connectivity index (χ1) is 19.5. The summed E-state index contributed by atoms with van der Waals surface area (Å²) < 4.78 is 69.0. The Balaban J connectivity index is 0.00000506. The second-order valence-corrected chi connectivity index (χ2v) is 11.5. The molecule has 219 valence electrons. The van der Waals surface area contributed by atoms with E-state index in [2.05, 4.69) is 15.5 Å². The zero-order chi connectivity index (χ0) is 31.1. The monoisotopic (exact) mass is 682 g/mol. The molecule has 18 nitrogen and oxygen atoms in total. The largest absolute Gasteiger partial charge is 0.744 e. The molecule has 43 heavy (non-hydrogen) atoms. The van der Waals surface area contributed by atoms with Gasteiger partial charge in [-0.3, -0.25) is 29.6 Å². The number of aromatic nitrogens is 4. The molecule has 1 radical (unpaired) electrons. The van der Waals surface area contributed by atoms with Crippen LogP contribution in [0, 0.1) is 20.2 Å². The van der Waals surface area contributed by atoms with Crippen LogP contribution < -0.4 is 10.1 Å². The minimum atomic E-state index is -5.52. The fourth-order valence-corrected chi connectivity index (χ4v) is 5.23. The van der Waals surface area contributed by atoms with E-state index in [9.17, 15) is 51.0 Å². The van der Waals surface area contributed by atoms with Gasteiger partial charge in [-0.2, -0.15) is 8.42 Å². The molecule has 4 rings (SSSR count). The summed E-state index contributed by atoms with van der Waals surface area (Å²) in [7, 11) is -10.8. The molecule has 1 aromatic heterocycles. The fourth-order valence-electron chi connectivity index (χ4n) is 3.46. The maximum absolute atomic E-state index is 13.0. The van der Waals surface area contributed by atoms with E-state index in [1.54, 1.807) is 18.2 Å². The molecule has 4 aromatic rings. The number of tetrazole rings is 1. The molecule has 3 aromatic carbocycles. The summed E-state index contributed by atoms with van der Waals surface area (Å²) in [5, 5.41) is 31.8. The Hall–Kier alpha value is -3.60. The average molecular weight is 683 g/mol. The van der Waals surface area contributed by atoms with Crippen molar-refractivity contribution in [2.45, 2.75) is 9.79 Å². The first-order valence-electron chi connectivity index (χ1n) is 10.6. The van der Waals surface area contributed by atoms with E-state index in [1.165, 1.54) is 12.1 Å². The predicted molar refractivity (Wildman–Crippen MR) is 144 cm³/mol. The number of nitrogens with one attached hydrogen (secondary N) is 1. The van der Waals surface area contributed by atoms with Gasteiger partial charge in [-0.25, -0.2) is 8.42 Å². The van der Waals surface area contributed by atoms with Crippen molar-refractivity contribution < 1.29 is 45.4 Å². The van der Waals surface area contributed by atoms with Gasteiger partial charge in [0.05, 0.1) is 25.0 Å². The van der Waals surface area contributed by atoms with Crippen molar-refractivity contribution in [1.29, 1.82) is 0 Å². The van der Waals surface area contributed by atoms with E-state index >= 15 is 0 Å². The smallest absolute Gasteiger partial charge is 0.397 e. The molecule has 1 amide bonds. The molecule has 0 atom stereocenters. The summed E-state index contributed by atoms with van der Waals surface area (Å²) in [5.41, 5.74) is -3.30. The van der Waals surface area contributed by atoms with Gasteiger partial charge in [0.15, 0.2) is 16.3 Å². The van der Waals surface area contributed by atoms with Crippen molar-refractivity contribution in [1.82, 2.24) is 15.0 Å². The van der Waals surface area contributed by atoms with Gasteiger partial charge in [0.2, 0.25) is 0 Å². The number of benzene rings is 3. The van der Waals surface area contributed by atoms with Gasteiger partial charge in [-0.15, -0.1) is 0 Å². The second-order valence-electron chi connectivity index (χ2n) is 7.91. The number of amides is 1. The Morgan fingerprint density at radius 3 is 2.02 bits per heavy atom. The van der Waals surface area contributed by atoms with Crippen molar-refractivity contribution in [2.75, 3.05) is 5.32 Å². The van der Waals surface area contributed by atoms with Crippen LogP contribution in [0.4, 0.5) is 17.1 Å². The summed E-state index contributed by atoms with van der Waals surface area (Å²) in [6.07, 6.45) is 0. The summed E-state index contributed by atoms with van der Waals surface area (Å²) >= 11 is 12.3. The normalized spacial score (nSPS) is 11.4. The average Bonchev–Trinajstić information content (AvgIpc) is 3.32. The predicted octanol–water partition coefficient (Wildman–Crippen LogP) is 1.69. The van der Waals surface area contributed by atoms with E-state index in [4.69, 9.17) is 23.2 Å². The minimum Gasteiger partial charge on any atom is -0.744 e. The van der Waals surface area contributed by atoms with E-state index in [0.29, 0.717) is 33.9 Å². The molecule has 0 unspecified atom stereocenters. The van der Waals surface area contributed by atoms with E-state index in [0.717, 1.165) is 0 Å². The van der Waals surface area contributed by atoms with E-state index in [-0.39, 0.29) is 35.2 Å². The number of rotatable bonds is 8. The van der Waals surface area contributed by atoms with Gasteiger partial charge in [-0.1, -0.05) is 41.4 Å².